The summed E-state index contributed by atoms with van der Waals surface area (Å²) in [6, 6.07) is 0. The maximum absolute atomic E-state index is 12.7. The first-order valence-electron chi connectivity index (χ1n) is 11.7. The molecule has 1 atom stereocenters. The van der Waals surface area contributed by atoms with Gasteiger partial charge in [-0.05, 0) is 43.9 Å². The monoisotopic (exact) mass is 470 g/mol. The lowest BCUT2D eigenvalue weighted by Crippen LogP contribution is -2.37. The lowest BCUT2D eigenvalue weighted by atomic mass is 9.82. The maximum Gasteiger partial charge on any atom is 0.306 e. The number of carbonyl (C=O) groups excluding carboxylic acids is 3. The van der Waals surface area contributed by atoms with E-state index in [1.165, 1.54) is 16.7 Å². The van der Waals surface area contributed by atoms with E-state index in [0.717, 1.165) is 19.3 Å². The SMILES string of the molecule is CC(C)CCOCCN(C)C(=O)CCSC1CC(=O)N(CC2CCC(C(=O)O)CC2)C1=O. The standard InChI is InChI=1S/C23H38N2O6S/c1-16(2)8-11-31-12-10-24(3)20(26)9-13-32-19-14-21(27)25(22(19)28)15-17-4-6-18(7-5-17)23(29)30/h16-19H,4-15H2,1-3H3,(H,29,30). The number of hydrogen-bond acceptors (Lipinski definition) is 6. The average molecular weight is 471 g/mol. The number of rotatable bonds is 13. The second-order valence-electron chi connectivity index (χ2n) is 9.32. The summed E-state index contributed by atoms with van der Waals surface area (Å²) in [4.78, 5) is 51.5. The third kappa shape index (κ3) is 8.39. The molecule has 1 unspecified atom stereocenters. The van der Waals surface area contributed by atoms with Gasteiger partial charge in [0.05, 0.1) is 17.8 Å². The molecule has 2 fully saturated rings. The molecule has 1 saturated carbocycles. The van der Waals surface area contributed by atoms with E-state index in [2.05, 4.69) is 13.8 Å². The van der Waals surface area contributed by atoms with Gasteiger partial charge in [0.2, 0.25) is 17.7 Å². The van der Waals surface area contributed by atoms with Gasteiger partial charge in [0.1, 0.15) is 0 Å². The van der Waals surface area contributed by atoms with E-state index >= 15 is 0 Å². The molecule has 0 aromatic heterocycles. The fourth-order valence-electron chi connectivity index (χ4n) is 4.05. The number of hydrogen-bond donors (Lipinski definition) is 1. The average Bonchev–Trinajstić information content (AvgIpc) is 3.01. The molecule has 1 heterocycles. The fourth-order valence-corrected chi connectivity index (χ4v) is 5.16. The van der Waals surface area contributed by atoms with Crippen LogP contribution in [0.1, 0.15) is 58.8 Å². The smallest absolute Gasteiger partial charge is 0.306 e. The molecule has 0 aromatic carbocycles. The maximum atomic E-state index is 12.7. The van der Waals surface area contributed by atoms with Gasteiger partial charge in [-0.2, -0.15) is 0 Å². The quantitative estimate of drug-likeness (QED) is 0.326. The number of aliphatic carboxylic acids is 1. The molecule has 32 heavy (non-hydrogen) atoms. The Morgan fingerprint density at radius 1 is 1.19 bits per heavy atom. The van der Waals surface area contributed by atoms with Gasteiger partial charge in [-0.25, -0.2) is 0 Å². The minimum atomic E-state index is -0.757. The van der Waals surface area contributed by atoms with Gasteiger partial charge in [-0.15, -0.1) is 11.8 Å². The van der Waals surface area contributed by atoms with E-state index in [1.807, 2.05) is 0 Å². The van der Waals surface area contributed by atoms with Gasteiger partial charge < -0.3 is 14.7 Å². The third-order valence-electron chi connectivity index (χ3n) is 6.31. The second kappa shape index (κ2) is 13.2. The van der Waals surface area contributed by atoms with E-state index in [1.54, 1.807) is 11.9 Å². The first-order chi connectivity index (χ1) is 15.2. The number of likely N-dealkylation sites (tertiary alicyclic amines) is 1. The summed E-state index contributed by atoms with van der Waals surface area (Å²) < 4.78 is 5.55. The molecule has 0 radical (unpaired) electrons. The first-order valence-corrected chi connectivity index (χ1v) is 12.7. The van der Waals surface area contributed by atoms with Crippen LogP contribution >= 0.6 is 11.8 Å². The molecule has 1 aliphatic heterocycles. The summed E-state index contributed by atoms with van der Waals surface area (Å²) in [7, 11) is 1.75. The summed E-state index contributed by atoms with van der Waals surface area (Å²) in [5.41, 5.74) is 0. The molecule has 2 aliphatic rings. The zero-order valence-electron chi connectivity index (χ0n) is 19.6. The van der Waals surface area contributed by atoms with E-state index in [4.69, 9.17) is 9.84 Å². The normalized spacial score (nSPS) is 23.8. The Labute approximate surface area is 195 Å². The largest absolute Gasteiger partial charge is 0.481 e. The number of likely N-dealkylation sites (N-methyl/N-ethyl adjacent to an activating group) is 1. The highest BCUT2D eigenvalue weighted by Gasteiger charge is 2.40. The van der Waals surface area contributed by atoms with Crippen molar-refractivity contribution in [3.8, 4) is 0 Å². The molecule has 182 valence electrons. The van der Waals surface area contributed by atoms with Gasteiger partial charge >= 0.3 is 5.97 Å². The van der Waals surface area contributed by atoms with Crippen LogP contribution in [0.2, 0.25) is 0 Å². The number of amides is 3. The number of thioether (sulfide) groups is 1. The topological polar surface area (TPSA) is 104 Å². The highest BCUT2D eigenvalue weighted by Crippen LogP contribution is 2.32. The Morgan fingerprint density at radius 3 is 2.50 bits per heavy atom. The van der Waals surface area contributed by atoms with Crippen LogP contribution in [0, 0.1) is 17.8 Å². The van der Waals surface area contributed by atoms with Crippen LogP contribution in [0.5, 0.6) is 0 Å². The Morgan fingerprint density at radius 2 is 1.88 bits per heavy atom. The highest BCUT2D eigenvalue weighted by atomic mass is 32.2. The van der Waals surface area contributed by atoms with Gasteiger partial charge in [0.25, 0.3) is 0 Å². The zero-order chi connectivity index (χ0) is 23.7. The molecule has 2 rings (SSSR count). The van der Waals surface area contributed by atoms with Crippen molar-refractivity contribution in [2.75, 3.05) is 39.1 Å². The predicted molar refractivity (Wildman–Crippen MR) is 123 cm³/mol. The number of carbonyl (C=O) groups is 4. The number of carboxylic acids is 1. The second-order valence-corrected chi connectivity index (χ2v) is 10.6. The van der Waals surface area contributed by atoms with E-state index in [-0.39, 0.29) is 36.0 Å². The number of carboxylic acid groups (broad SMARTS) is 1. The van der Waals surface area contributed by atoms with Gasteiger partial charge in [-0.3, -0.25) is 24.1 Å². The summed E-state index contributed by atoms with van der Waals surface area (Å²) in [5.74, 6) is -0.101. The van der Waals surface area contributed by atoms with Crippen molar-refractivity contribution < 1.29 is 29.0 Å². The van der Waals surface area contributed by atoms with Crippen molar-refractivity contribution in [3.63, 3.8) is 0 Å². The molecule has 0 bridgehead atoms. The van der Waals surface area contributed by atoms with Gasteiger partial charge in [-0.1, -0.05) is 13.8 Å². The molecule has 8 nitrogen and oxygen atoms in total. The van der Waals surface area contributed by atoms with Crippen molar-refractivity contribution in [3.05, 3.63) is 0 Å². The predicted octanol–water partition coefficient (Wildman–Crippen LogP) is 2.65. The molecule has 1 N–H and O–H groups in total. The number of ether oxygens (including phenoxy) is 1. The molecule has 3 amide bonds. The van der Waals surface area contributed by atoms with E-state index < -0.39 is 11.2 Å². The Balaban J connectivity index is 1.65. The van der Waals surface area contributed by atoms with E-state index in [0.29, 0.717) is 57.2 Å². The van der Waals surface area contributed by atoms with Crippen LogP contribution in [-0.2, 0) is 23.9 Å². The lowest BCUT2D eigenvalue weighted by Gasteiger charge is -2.28. The molecule has 1 saturated heterocycles. The Bertz CT molecular complexity index is 663. The van der Waals surface area contributed by atoms with Crippen molar-refractivity contribution >= 4 is 35.5 Å². The highest BCUT2D eigenvalue weighted by molar-refractivity contribution is 8.00. The fraction of sp³-hybridized carbons (Fsp3) is 0.826. The Hall–Kier alpha value is -1.61. The van der Waals surface area contributed by atoms with Crippen molar-refractivity contribution in [1.29, 1.82) is 0 Å². The third-order valence-corrected chi connectivity index (χ3v) is 7.52. The van der Waals surface area contributed by atoms with Crippen LogP contribution in [0.4, 0.5) is 0 Å². The van der Waals surface area contributed by atoms with Crippen molar-refractivity contribution in [2.24, 2.45) is 17.8 Å². The van der Waals surface area contributed by atoms with Crippen molar-refractivity contribution in [1.82, 2.24) is 9.80 Å². The zero-order valence-corrected chi connectivity index (χ0v) is 20.4. The molecule has 1 aliphatic carbocycles. The summed E-state index contributed by atoms with van der Waals surface area (Å²) in [6.45, 7) is 6.43. The molecular weight excluding hydrogens is 432 g/mol. The van der Waals surface area contributed by atoms with E-state index in [9.17, 15) is 19.2 Å². The van der Waals surface area contributed by atoms with Crippen LogP contribution in [-0.4, -0.2) is 83.0 Å². The summed E-state index contributed by atoms with van der Waals surface area (Å²) >= 11 is 1.38. The summed E-state index contributed by atoms with van der Waals surface area (Å²) in [5, 5.41) is 8.69. The minimum Gasteiger partial charge on any atom is -0.481 e. The number of nitrogens with zero attached hydrogens (tertiary/aromatic N) is 2. The summed E-state index contributed by atoms with van der Waals surface area (Å²) in [6.07, 6.45) is 4.18. The van der Waals surface area contributed by atoms with Crippen LogP contribution < -0.4 is 0 Å². The molecule has 0 aromatic rings. The minimum absolute atomic E-state index is 0.00813. The van der Waals surface area contributed by atoms with Crippen LogP contribution in [0.25, 0.3) is 0 Å². The van der Waals surface area contributed by atoms with Crippen LogP contribution in [0.3, 0.4) is 0 Å². The molecule has 0 spiro atoms. The lowest BCUT2D eigenvalue weighted by molar-refractivity contribution is -0.144. The van der Waals surface area contributed by atoms with Crippen LogP contribution in [0.15, 0.2) is 0 Å². The molecule has 9 heteroatoms. The molecular formula is C23H38N2O6S. The Kier molecular flexibility index (Phi) is 11.0. The van der Waals surface area contributed by atoms with Gasteiger partial charge in [0.15, 0.2) is 0 Å². The number of imide groups is 1. The van der Waals surface area contributed by atoms with Gasteiger partial charge in [0, 0.05) is 45.3 Å². The van der Waals surface area contributed by atoms with Crippen molar-refractivity contribution in [2.45, 2.75) is 64.0 Å². The first kappa shape index (κ1) is 26.6.